The molecule has 2 aromatic carbocycles. The zero-order valence-corrected chi connectivity index (χ0v) is 20.3. The van der Waals surface area contributed by atoms with Gasteiger partial charge in [-0.2, -0.15) is 0 Å². The van der Waals surface area contributed by atoms with Gasteiger partial charge in [0.2, 0.25) is 23.6 Å². The van der Waals surface area contributed by atoms with Crippen molar-refractivity contribution in [3.05, 3.63) is 82.8 Å². The molecule has 3 fully saturated rings. The second-order valence-electron chi connectivity index (χ2n) is 10.3. The topological polar surface area (TPSA) is 88.3 Å². The van der Waals surface area contributed by atoms with E-state index in [1.165, 1.54) is 11.0 Å². The summed E-state index contributed by atoms with van der Waals surface area (Å²) in [6.07, 6.45) is 2.33. The Bertz CT molecular complexity index is 1310. The Kier molecular flexibility index (Phi) is 6.22. The zero-order valence-electron chi connectivity index (χ0n) is 20.3. The molecule has 1 N–H and O–H groups in total. The summed E-state index contributed by atoms with van der Waals surface area (Å²) < 4.78 is 35.0. The minimum Gasteiger partial charge on any atom is -0.424 e. The van der Waals surface area contributed by atoms with Gasteiger partial charge in [-0.15, -0.1) is 10.2 Å². The fraction of sp³-hybridized carbons (Fsp3) is 0.429. The Morgan fingerprint density at radius 3 is 2.49 bits per heavy atom. The summed E-state index contributed by atoms with van der Waals surface area (Å²) in [5.74, 6) is -0.00996. The summed E-state index contributed by atoms with van der Waals surface area (Å²) in [5, 5.41) is 10.9. The number of nitrogens with one attached hydrogen (secondary N) is 1. The van der Waals surface area contributed by atoms with Crippen LogP contribution in [0.1, 0.15) is 78.5 Å². The normalized spacial score (nSPS) is 22.2. The molecule has 0 spiro atoms. The van der Waals surface area contributed by atoms with E-state index in [2.05, 4.69) is 15.5 Å². The van der Waals surface area contributed by atoms with Crippen molar-refractivity contribution >= 4 is 11.8 Å². The third-order valence-electron chi connectivity index (χ3n) is 7.38. The van der Waals surface area contributed by atoms with Gasteiger partial charge in [-0.1, -0.05) is 42.5 Å². The first-order valence-electron chi connectivity index (χ1n) is 12.9. The van der Waals surface area contributed by atoms with Gasteiger partial charge in [0.05, 0.1) is 12.6 Å². The second-order valence-corrected chi connectivity index (χ2v) is 10.3. The third kappa shape index (κ3) is 5.12. The standard InChI is InChI=1S/C28H28F2N4O3/c29-20-13-23(34(15-20)25(35)14-24-32-33-28(37-24)18-8-9-18)27(36)31-26(17-4-2-1-3-5-17)19-10-11-21(16-6-7-16)22(30)12-19/h1-5,10-12,16,18,20,23,26H,6-9,13-15H2,(H,31,36). The largest absolute Gasteiger partial charge is 0.424 e. The summed E-state index contributed by atoms with van der Waals surface area (Å²) in [4.78, 5) is 27.8. The van der Waals surface area contributed by atoms with Crippen molar-refractivity contribution in [2.75, 3.05) is 6.54 Å². The molecule has 7 nitrogen and oxygen atoms in total. The number of aromatic nitrogens is 2. The van der Waals surface area contributed by atoms with Gasteiger partial charge in [-0.05, 0) is 54.4 Å². The Labute approximate surface area is 213 Å². The number of hydrogen-bond donors (Lipinski definition) is 1. The molecule has 3 unspecified atom stereocenters. The molecular weight excluding hydrogens is 478 g/mol. The number of carbonyl (C=O) groups excluding carboxylic acids is 2. The molecule has 37 heavy (non-hydrogen) atoms. The average Bonchev–Trinajstić information content (AvgIpc) is 3.83. The summed E-state index contributed by atoms with van der Waals surface area (Å²) in [7, 11) is 0. The summed E-state index contributed by atoms with van der Waals surface area (Å²) in [5.41, 5.74) is 2.05. The minimum absolute atomic E-state index is 0.106. The van der Waals surface area contributed by atoms with Gasteiger partial charge in [0, 0.05) is 12.3 Å². The minimum atomic E-state index is -1.32. The molecule has 3 atom stereocenters. The molecule has 1 aliphatic heterocycles. The van der Waals surface area contributed by atoms with Crippen LogP contribution in [0.25, 0.3) is 0 Å². The van der Waals surface area contributed by atoms with E-state index >= 15 is 0 Å². The van der Waals surface area contributed by atoms with Crippen molar-refractivity contribution in [3.63, 3.8) is 0 Å². The highest BCUT2D eigenvalue weighted by atomic mass is 19.1. The lowest BCUT2D eigenvalue weighted by atomic mass is 9.96. The van der Waals surface area contributed by atoms with Crippen molar-refractivity contribution in [1.82, 2.24) is 20.4 Å². The lowest BCUT2D eigenvalue weighted by Gasteiger charge is -2.27. The SMILES string of the molecule is O=C(NC(c1ccccc1)c1ccc(C2CC2)c(F)c1)C1CC(F)CN1C(=O)Cc1nnc(C2CC2)o1. The molecule has 6 rings (SSSR count). The van der Waals surface area contributed by atoms with Crippen LogP contribution in [0.3, 0.4) is 0 Å². The molecule has 2 amide bonds. The lowest BCUT2D eigenvalue weighted by Crippen LogP contribution is -2.47. The van der Waals surface area contributed by atoms with Crippen molar-refractivity contribution in [2.45, 2.75) is 68.6 Å². The van der Waals surface area contributed by atoms with Crippen LogP contribution in [-0.2, 0) is 16.0 Å². The van der Waals surface area contributed by atoms with Crippen LogP contribution in [0.4, 0.5) is 8.78 Å². The van der Waals surface area contributed by atoms with E-state index in [-0.39, 0.29) is 42.9 Å². The van der Waals surface area contributed by atoms with Gasteiger partial charge in [0.25, 0.3) is 0 Å². The van der Waals surface area contributed by atoms with Gasteiger partial charge in [0.15, 0.2) is 0 Å². The molecule has 192 valence electrons. The third-order valence-corrected chi connectivity index (χ3v) is 7.38. The molecule has 0 bridgehead atoms. The molecule has 2 aliphatic carbocycles. The number of benzene rings is 2. The fourth-order valence-electron chi connectivity index (χ4n) is 5.06. The smallest absolute Gasteiger partial charge is 0.243 e. The first-order chi connectivity index (χ1) is 18.0. The summed E-state index contributed by atoms with van der Waals surface area (Å²) in [6.45, 7) is -0.179. The first-order valence-corrected chi connectivity index (χ1v) is 12.9. The van der Waals surface area contributed by atoms with E-state index in [1.807, 2.05) is 36.4 Å². The van der Waals surface area contributed by atoms with Gasteiger partial charge < -0.3 is 14.6 Å². The zero-order chi connectivity index (χ0) is 25.5. The van der Waals surface area contributed by atoms with Crippen LogP contribution in [0.5, 0.6) is 0 Å². The Hall–Kier alpha value is -3.62. The second kappa shape index (κ2) is 9.68. The maximum atomic E-state index is 14.9. The van der Waals surface area contributed by atoms with E-state index in [1.54, 1.807) is 6.07 Å². The van der Waals surface area contributed by atoms with Crippen molar-refractivity contribution < 1.29 is 22.8 Å². The highest BCUT2D eigenvalue weighted by molar-refractivity contribution is 5.89. The average molecular weight is 507 g/mol. The van der Waals surface area contributed by atoms with Crippen LogP contribution in [0.2, 0.25) is 0 Å². The van der Waals surface area contributed by atoms with Crippen molar-refractivity contribution in [2.24, 2.45) is 0 Å². The first kappa shape index (κ1) is 23.8. The summed E-state index contributed by atoms with van der Waals surface area (Å²) in [6, 6.07) is 12.7. The molecular formula is C28H28F2N4O3. The van der Waals surface area contributed by atoms with E-state index in [0.717, 1.165) is 31.2 Å². The fourth-order valence-corrected chi connectivity index (χ4v) is 5.06. The number of nitrogens with zero attached hydrogens (tertiary/aromatic N) is 3. The molecule has 9 heteroatoms. The lowest BCUT2D eigenvalue weighted by molar-refractivity contribution is -0.138. The number of carbonyl (C=O) groups is 2. The Morgan fingerprint density at radius 1 is 1.03 bits per heavy atom. The van der Waals surface area contributed by atoms with E-state index in [0.29, 0.717) is 17.0 Å². The monoisotopic (exact) mass is 506 g/mol. The van der Waals surface area contributed by atoms with E-state index < -0.39 is 30.1 Å². The number of hydrogen-bond acceptors (Lipinski definition) is 5. The number of likely N-dealkylation sites (tertiary alicyclic amines) is 1. The maximum absolute atomic E-state index is 14.9. The number of amides is 2. The Balaban J connectivity index is 1.21. The molecule has 1 saturated heterocycles. The van der Waals surface area contributed by atoms with Crippen LogP contribution in [0.15, 0.2) is 52.9 Å². The molecule has 2 heterocycles. The highest BCUT2D eigenvalue weighted by Crippen LogP contribution is 2.42. The number of halogens is 2. The quantitative estimate of drug-likeness (QED) is 0.491. The van der Waals surface area contributed by atoms with E-state index in [9.17, 15) is 18.4 Å². The van der Waals surface area contributed by atoms with Crippen molar-refractivity contribution in [1.29, 1.82) is 0 Å². The van der Waals surface area contributed by atoms with Gasteiger partial charge >= 0.3 is 0 Å². The summed E-state index contributed by atoms with van der Waals surface area (Å²) >= 11 is 0. The molecule has 3 aromatic rings. The van der Waals surface area contributed by atoms with Gasteiger partial charge in [-0.25, -0.2) is 8.78 Å². The van der Waals surface area contributed by atoms with Crippen LogP contribution < -0.4 is 5.32 Å². The molecule has 2 saturated carbocycles. The number of alkyl halides is 1. The predicted molar refractivity (Wildman–Crippen MR) is 130 cm³/mol. The van der Waals surface area contributed by atoms with Crippen LogP contribution >= 0.6 is 0 Å². The predicted octanol–water partition coefficient (Wildman–Crippen LogP) is 4.35. The van der Waals surface area contributed by atoms with Crippen LogP contribution in [0, 0.1) is 5.82 Å². The Morgan fingerprint density at radius 2 is 1.78 bits per heavy atom. The highest BCUT2D eigenvalue weighted by Gasteiger charge is 2.41. The molecule has 1 aromatic heterocycles. The van der Waals surface area contributed by atoms with Gasteiger partial charge in [-0.3, -0.25) is 9.59 Å². The maximum Gasteiger partial charge on any atom is 0.243 e. The van der Waals surface area contributed by atoms with Crippen molar-refractivity contribution in [3.8, 4) is 0 Å². The number of rotatable bonds is 8. The van der Waals surface area contributed by atoms with E-state index in [4.69, 9.17) is 4.42 Å². The van der Waals surface area contributed by atoms with Gasteiger partial charge in [0.1, 0.15) is 24.5 Å². The molecule has 0 radical (unpaired) electrons. The van der Waals surface area contributed by atoms with Crippen LogP contribution in [-0.4, -0.2) is 45.7 Å². The molecule has 3 aliphatic rings.